The van der Waals surface area contributed by atoms with Gasteiger partial charge in [-0.25, -0.2) is 5.84 Å². The van der Waals surface area contributed by atoms with Crippen molar-refractivity contribution < 1.29 is 9.59 Å². The number of benzene rings is 1. The molecule has 19 heavy (non-hydrogen) atoms. The fourth-order valence-electron chi connectivity index (χ4n) is 1.36. The highest BCUT2D eigenvalue weighted by molar-refractivity contribution is 7.99. The molecule has 0 heterocycles. The standard InChI is InChI=1S/C13H19N3O2S/c1-9(17)15-10-4-6-11(7-5-10)19-8-13(2,3)12(18)16-14/h4-7H,8,14H2,1-3H3,(H,15,17)(H,16,18). The van der Waals surface area contributed by atoms with Crippen LogP contribution >= 0.6 is 11.8 Å². The molecule has 5 nitrogen and oxygen atoms in total. The first-order valence-electron chi connectivity index (χ1n) is 5.86. The number of nitrogens with two attached hydrogens (primary N) is 1. The molecule has 0 radical (unpaired) electrons. The summed E-state index contributed by atoms with van der Waals surface area (Å²) < 4.78 is 0. The third-order valence-corrected chi connectivity index (χ3v) is 3.99. The number of amides is 2. The minimum Gasteiger partial charge on any atom is -0.326 e. The van der Waals surface area contributed by atoms with Gasteiger partial charge in [0.25, 0.3) is 0 Å². The summed E-state index contributed by atoms with van der Waals surface area (Å²) in [4.78, 5) is 23.5. The summed E-state index contributed by atoms with van der Waals surface area (Å²) in [6.07, 6.45) is 0. The number of hydrogen-bond acceptors (Lipinski definition) is 4. The molecule has 0 aliphatic heterocycles. The van der Waals surface area contributed by atoms with Gasteiger partial charge >= 0.3 is 0 Å². The van der Waals surface area contributed by atoms with Crippen molar-refractivity contribution in [1.82, 2.24) is 5.43 Å². The summed E-state index contributed by atoms with van der Waals surface area (Å²) in [7, 11) is 0. The minimum atomic E-state index is -0.532. The molecule has 0 bridgehead atoms. The predicted molar refractivity (Wildman–Crippen MR) is 77.6 cm³/mol. The van der Waals surface area contributed by atoms with Crippen LogP contribution in [-0.4, -0.2) is 17.6 Å². The van der Waals surface area contributed by atoms with Gasteiger partial charge in [-0.05, 0) is 24.3 Å². The zero-order valence-electron chi connectivity index (χ0n) is 11.3. The summed E-state index contributed by atoms with van der Waals surface area (Å²) in [5.41, 5.74) is 2.40. The highest BCUT2D eigenvalue weighted by Gasteiger charge is 2.26. The van der Waals surface area contributed by atoms with Gasteiger partial charge in [0.05, 0.1) is 5.41 Å². The van der Waals surface area contributed by atoms with Crippen molar-refractivity contribution in [2.45, 2.75) is 25.7 Å². The molecule has 1 aromatic rings. The maximum Gasteiger partial charge on any atom is 0.240 e. The van der Waals surface area contributed by atoms with E-state index in [1.54, 1.807) is 11.8 Å². The van der Waals surface area contributed by atoms with E-state index in [1.807, 2.05) is 38.1 Å². The van der Waals surface area contributed by atoms with E-state index in [2.05, 4.69) is 10.7 Å². The van der Waals surface area contributed by atoms with Gasteiger partial charge in [-0.1, -0.05) is 13.8 Å². The molecular formula is C13H19N3O2S. The average Bonchev–Trinajstić information content (AvgIpc) is 2.36. The molecule has 6 heteroatoms. The molecule has 0 unspecified atom stereocenters. The average molecular weight is 281 g/mol. The number of hydrogen-bond donors (Lipinski definition) is 3. The highest BCUT2D eigenvalue weighted by atomic mass is 32.2. The van der Waals surface area contributed by atoms with Crippen LogP contribution in [0.25, 0.3) is 0 Å². The maximum absolute atomic E-state index is 11.5. The van der Waals surface area contributed by atoms with Crippen molar-refractivity contribution in [1.29, 1.82) is 0 Å². The Hall–Kier alpha value is -1.53. The van der Waals surface area contributed by atoms with Gasteiger partial charge in [0, 0.05) is 23.3 Å². The van der Waals surface area contributed by atoms with Crippen molar-refractivity contribution in [3.05, 3.63) is 24.3 Å². The summed E-state index contributed by atoms with van der Waals surface area (Å²) in [5, 5.41) is 2.70. The monoisotopic (exact) mass is 281 g/mol. The van der Waals surface area contributed by atoms with Crippen molar-refractivity contribution in [3.63, 3.8) is 0 Å². The lowest BCUT2D eigenvalue weighted by atomic mass is 9.96. The Morgan fingerprint density at radius 1 is 1.26 bits per heavy atom. The molecule has 0 spiro atoms. The Kier molecular flexibility index (Phi) is 5.38. The van der Waals surface area contributed by atoms with Gasteiger partial charge in [0.15, 0.2) is 0 Å². The Morgan fingerprint density at radius 2 is 1.84 bits per heavy atom. The lowest BCUT2D eigenvalue weighted by Crippen LogP contribution is -2.42. The van der Waals surface area contributed by atoms with Crippen LogP contribution in [0.1, 0.15) is 20.8 Å². The largest absolute Gasteiger partial charge is 0.326 e. The molecule has 104 valence electrons. The van der Waals surface area contributed by atoms with Crippen molar-refractivity contribution in [3.8, 4) is 0 Å². The Balaban J connectivity index is 2.59. The summed E-state index contributed by atoms with van der Waals surface area (Å²) >= 11 is 1.57. The fourth-order valence-corrected chi connectivity index (χ4v) is 2.35. The number of thioether (sulfide) groups is 1. The van der Waals surface area contributed by atoms with E-state index in [4.69, 9.17) is 5.84 Å². The first kappa shape index (κ1) is 15.5. The number of nitrogens with one attached hydrogen (secondary N) is 2. The molecule has 0 aliphatic rings. The zero-order valence-corrected chi connectivity index (χ0v) is 12.1. The second-order valence-electron chi connectivity index (χ2n) is 4.85. The highest BCUT2D eigenvalue weighted by Crippen LogP contribution is 2.28. The van der Waals surface area contributed by atoms with E-state index in [-0.39, 0.29) is 11.8 Å². The first-order valence-corrected chi connectivity index (χ1v) is 6.85. The molecule has 0 saturated heterocycles. The lowest BCUT2D eigenvalue weighted by molar-refractivity contribution is -0.128. The van der Waals surface area contributed by atoms with Crippen molar-refractivity contribution in [2.24, 2.45) is 11.3 Å². The molecule has 2 amide bonds. The second kappa shape index (κ2) is 6.58. The molecule has 1 aromatic carbocycles. The van der Waals surface area contributed by atoms with Gasteiger partial charge in [-0.3, -0.25) is 15.0 Å². The van der Waals surface area contributed by atoms with E-state index in [0.29, 0.717) is 5.75 Å². The summed E-state index contributed by atoms with van der Waals surface area (Å²) in [6.45, 7) is 5.15. The van der Waals surface area contributed by atoms with Crippen LogP contribution in [0, 0.1) is 5.41 Å². The molecule has 0 saturated carbocycles. The number of hydrazine groups is 1. The van der Waals surface area contributed by atoms with E-state index in [1.165, 1.54) is 6.92 Å². The molecule has 1 rings (SSSR count). The van der Waals surface area contributed by atoms with Gasteiger partial charge in [0.2, 0.25) is 11.8 Å². The topological polar surface area (TPSA) is 84.2 Å². The minimum absolute atomic E-state index is 0.0962. The molecular weight excluding hydrogens is 262 g/mol. The van der Waals surface area contributed by atoms with E-state index in [9.17, 15) is 9.59 Å². The Labute approximate surface area is 117 Å². The number of carbonyl (C=O) groups excluding carboxylic acids is 2. The van der Waals surface area contributed by atoms with Crippen LogP contribution in [-0.2, 0) is 9.59 Å². The van der Waals surface area contributed by atoms with E-state index >= 15 is 0 Å². The molecule has 0 aliphatic carbocycles. The van der Waals surface area contributed by atoms with Crippen LogP contribution in [0.3, 0.4) is 0 Å². The van der Waals surface area contributed by atoms with Gasteiger partial charge in [-0.2, -0.15) is 0 Å². The SMILES string of the molecule is CC(=O)Nc1ccc(SCC(C)(C)C(=O)NN)cc1. The lowest BCUT2D eigenvalue weighted by Gasteiger charge is -2.21. The van der Waals surface area contributed by atoms with Gasteiger partial charge in [-0.15, -0.1) is 11.8 Å². The van der Waals surface area contributed by atoms with Crippen molar-refractivity contribution >= 4 is 29.3 Å². The van der Waals surface area contributed by atoms with E-state index in [0.717, 1.165) is 10.6 Å². The number of anilines is 1. The first-order chi connectivity index (χ1) is 8.85. The van der Waals surface area contributed by atoms with Crippen molar-refractivity contribution in [2.75, 3.05) is 11.1 Å². The number of rotatable bonds is 5. The maximum atomic E-state index is 11.5. The predicted octanol–water partition coefficient (Wildman–Crippen LogP) is 1.75. The van der Waals surface area contributed by atoms with Gasteiger partial charge < -0.3 is 5.32 Å². The third-order valence-electron chi connectivity index (χ3n) is 2.52. The normalized spacial score (nSPS) is 10.9. The fraction of sp³-hybridized carbons (Fsp3) is 0.385. The third kappa shape index (κ3) is 4.92. The van der Waals surface area contributed by atoms with Crippen LogP contribution in [0.5, 0.6) is 0 Å². The zero-order chi connectivity index (χ0) is 14.5. The summed E-state index contributed by atoms with van der Waals surface area (Å²) in [5.74, 6) is 5.48. The molecule has 0 aromatic heterocycles. The Morgan fingerprint density at radius 3 is 2.32 bits per heavy atom. The van der Waals surface area contributed by atoms with Gasteiger partial charge in [0.1, 0.15) is 0 Å². The number of carbonyl (C=O) groups is 2. The molecule has 0 fully saturated rings. The smallest absolute Gasteiger partial charge is 0.240 e. The Bertz CT molecular complexity index is 457. The van der Waals surface area contributed by atoms with Crippen LogP contribution < -0.4 is 16.6 Å². The van der Waals surface area contributed by atoms with Crippen LogP contribution in [0.15, 0.2) is 29.2 Å². The summed E-state index contributed by atoms with van der Waals surface area (Å²) in [6, 6.07) is 7.48. The quantitative estimate of drug-likeness (QED) is 0.332. The van der Waals surface area contributed by atoms with E-state index < -0.39 is 5.41 Å². The molecule has 4 N–H and O–H groups in total. The van der Waals surface area contributed by atoms with Crippen LogP contribution in [0.4, 0.5) is 5.69 Å². The second-order valence-corrected chi connectivity index (χ2v) is 5.90. The van der Waals surface area contributed by atoms with Crippen LogP contribution in [0.2, 0.25) is 0 Å². The molecule has 0 atom stereocenters.